The van der Waals surface area contributed by atoms with E-state index in [0.717, 1.165) is 0 Å². The van der Waals surface area contributed by atoms with Crippen molar-refractivity contribution < 1.29 is 23.1 Å². The number of amides is 1. The summed E-state index contributed by atoms with van der Waals surface area (Å²) in [6, 6.07) is 14.4. The van der Waals surface area contributed by atoms with Crippen LogP contribution in [0.1, 0.15) is 6.42 Å². The molecule has 2 rings (SSSR count). The topological polar surface area (TPSA) is 105 Å². The molecule has 0 saturated heterocycles. The van der Waals surface area contributed by atoms with E-state index in [2.05, 4.69) is 10.0 Å². The Hall–Kier alpha value is -2.58. The largest absolute Gasteiger partial charge is 0.484 e. The minimum atomic E-state index is -3.68. The highest BCUT2D eigenvalue weighted by Gasteiger charge is 2.14. The molecule has 0 radical (unpaired) electrons. The van der Waals surface area contributed by atoms with Gasteiger partial charge in [-0.1, -0.05) is 18.2 Å². The smallest absolute Gasteiger partial charge is 0.261 e. The van der Waals surface area contributed by atoms with Gasteiger partial charge >= 0.3 is 0 Å². The quantitative estimate of drug-likeness (QED) is 0.583. The standard InChI is InChI=1S/C17H20N2O5S/c20-12-4-11-18-17(21)13-24-15-7-9-16(10-8-15)25(22,23)19-14-5-2-1-3-6-14/h1-3,5-10,19-20H,4,11-13H2,(H,18,21). The van der Waals surface area contributed by atoms with E-state index in [4.69, 9.17) is 9.84 Å². The van der Waals surface area contributed by atoms with E-state index in [1.165, 1.54) is 24.3 Å². The Morgan fingerprint density at radius 1 is 1.04 bits per heavy atom. The number of rotatable bonds is 9. The highest BCUT2D eigenvalue weighted by atomic mass is 32.2. The number of carbonyl (C=O) groups is 1. The molecule has 7 nitrogen and oxygen atoms in total. The lowest BCUT2D eigenvalue weighted by molar-refractivity contribution is -0.123. The van der Waals surface area contributed by atoms with Crippen LogP contribution in [0, 0.1) is 0 Å². The number of aliphatic hydroxyl groups is 1. The van der Waals surface area contributed by atoms with Crippen molar-refractivity contribution in [2.45, 2.75) is 11.3 Å². The molecule has 0 aliphatic rings. The van der Waals surface area contributed by atoms with Gasteiger partial charge in [-0.15, -0.1) is 0 Å². The summed E-state index contributed by atoms with van der Waals surface area (Å²) in [6.45, 7) is 0.203. The fourth-order valence-corrected chi connectivity index (χ4v) is 3.00. The number of hydrogen-bond acceptors (Lipinski definition) is 5. The molecule has 25 heavy (non-hydrogen) atoms. The van der Waals surface area contributed by atoms with Gasteiger partial charge in [-0.2, -0.15) is 0 Å². The number of ether oxygens (including phenoxy) is 1. The van der Waals surface area contributed by atoms with Crippen molar-refractivity contribution in [3.8, 4) is 5.75 Å². The van der Waals surface area contributed by atoms with E-state index in [0.29, 0.717) is 24.4 Å². The second-order valence-corrected chi connectivity index (χ2v) is 6.84. The predicted molar refractivity (Wildman–Crippen MR) is 93.9 cm³/mol. The van der Waals surface area contributed by atoms with Crippen LogP contribution in [-0.2, 0) is 14.8 Å². The molecule has 2 aromatic carbocycles. The number of anilines is 1. The Morgan fingerprint density at radius 2 is 1.72 bits per heavy atom. The first-order valence-electron chi connectivity index (χ1n) is 7.69. The molecule has 0 aromatic heterocycles. The maximum Gasteiger partial charge on any atom is 0.261 e. The summed E-state index contributed by atoms with van der Waals surface area (Å²) in [4.78, 5) is 11.6. The number of benzene rings is 2. The van der Waals surface area contributed by atoms with Crippen LogP contribution >= 0.6 is 0 Å². The van der Waals surface area contributed by atoms with Crippen LogP contribution in [0.3, 0.4) is 0 Å². The monoisotopic (exact) mass is 364 g/mol. The number of sulfonamides is 1. The summed E-state index contributed by atoms with van der Waals surface area (Å²) in [7, 11) is -3.68. The molecule has 0 unspecified atom stereocenters. The number of carbonyl (C=O) groups excluding carboxylic acids is 1. The summed E-state index contributed by atoms with van der Waals surface area (Å²) >= 11 is 0. The molecule has 0 saturated carbocycles. The minimum Gasteiger partial charge on any atom is -0.484 e. The van der Waals surface area contributed by atoms with Crippen LogP contribution < -0.4 is 14.8 Å². The Morgan fingerprint density at radius 3 is 2.36 bits per heavy atom. The second-order valence-electron chi connectivity index (χ2n) is 5.16. The SMILES string of the molecule is O=C(COc1ccc(S(=O)(=O)Nc2ccccc2)cc1)NCCCO. The maximum atomic E-state index is 12.3. The molecule has 2 aromatic rings. The second kappa shape index (κ2) is 9.05. The van der Waals surface area contributed by atoms with Gasteiger partial charge < -0.3 is 15.2 Å². The normalized spacial score (nSPS) is 10.9. The molecular formula is C17H20N2O5S. The van der Waals surface area contributed by atoms with Gasteiger partial charge in [-0.25, -0.2) is 8.42 Å². The highest BCUT2D eigenvalue weighted by molar-refractivity contribution is 7.92. The van der Waals surface area contributed by atoms with Crippen LogP contribution in [0.4, 0.5) is 5.69 Å². The molecule has 1 amide bonds. The molecule has 3 N–H and O–H groups in total. The van der Waals surface area contributed by atoms with E-state index in [9.17, 15) is 13.2 Å². The number of aliphatic hydroxyl groups excluding tert-OH is 1. The summed E-state index contributed by atoms with van der Waals surface area (Å²) < 4.78 is 32.4. The van der Waals surface area contributed by atoms with Gasteiger partial charge in [-0.05, 0) is 42.8 Å². The Bertz CT molecular complexity index is 776. The van der Waals surface area contributed by atoms with E-state index >= 15 is 0 Å². The lowest BCUT2D eigenvalue weighted by Gasteiger charge is -2.10. The van der Waals surface area contributed by atoms with Crippen LogP contribution in [0.15, 0.2) is 59.5 Å². The third-order valence-electron chi connectivity index (χ3n) is 3.19. The average Bonchev–Trinajstić information content (AvgIpc) is 2.61. The number of hydrogen-bond donors (Lipinski definition) is 3. The van der Waals surface area contributed by atoms with Gasteiger partial charge in [0, 0.05) is 18.8 Å². The van der Waals surface area contributed by atoms with Crippen LogP contribution in [0.2, 0.25) is 0 Å². The first-order chi connectivity index (χ1) is 12.0. The van der Waals surface area contributed by atoms with Crippen molar-refractivity contribution in [2.24, 2.45) is 0 Å². The van der Waals surface area contributed by atoms with Gasteiger partial charge in [-0.3, -0.25) is 9.52 Å². The summed E-state index contributed by atoms with van der Waals surface area (Å²) in [5, 5.41) is 11.2. The lowest BCUT2D eigenvalue weighted by Crippen LogP contribution is -2.30. The maximum absolute atomic E-state index is 12.3. The molecule has 0 bridgehead atoms. The third kappa shape index (κ3) is 6.09. The fourth-order valence-electron chi connectivity index (χ4n) is 1.94. The zero-order chi connectivity index (χ0) is 18.1. The molecule has 8 heteroatoms. The highest BCUT2D eigenvalue weighted by Crippen LogP contribution is 2.19. The van der Waals surface area contributed by atoms with E-state index in [1.54, 1.807) is 30.3 Å². The van der Waals surface area contributed by atoms with Crippen LogP contribution in [-0.4, -0.2) is 39.2 Å². The first-order valence-corrected chi connectivity index (χ1v) is 9.18. The molecule has 0 atom stereocenters. The Balaban J connectivity index is 1.91. The van der Waals surface area contributed by atoms with Gasteiger partial charge in [0.1, 0.15) is 5.75 Å². The van der Waals surface area contributed by atoms with E-state index in [1.807, 2.05) is 0 Å². The fraction of sp³-hybridized carbons (Fsp3) is 0.235. The average molecular weight is 364 g/mol. The van der Waals surface area contributed by atoms with Crippen molar-refractivity contribution in [3.05, 3.63) is 54.6 Å². The van der Waals surface area contributed by atoms with E-state index in [-0.39, 0.29) is 24.0 Å². The van der Waals surface area contributed by atoms with Gasteiger partial charge in [0.05, 0.1) is 4.90 Å². The van der Waals surface area contributed by atoms with Crippen molar-refractivity contribution in [3.63, 3.8) is 0 Å². The molecule has 0 heterocycles. The molecule has 134 valence electrons. The van der Waals surface area contributed by atoms with Gasteiger partial charge in [0.2, 0.25) is 0 Å². The van der Waals surface area contributed by atoms with Crippen molar-refractivity contribution in [2.75, 3.05) is 24.5 Å². The first kappa shape index (κ1) is 18.8. The molecule has 0 aliphatic heterocycles. The summed E-state index contributed by atoms with van der Waals surface area (Å²) in [5.74, 6) is 0.0758. The van der Waals surface area contributed by atoms with Crippen molar-refractivity contribution in [1.82, 2.24) is 5.32 Å². The molecule has 0 aliphatic carbocycles. The number of para-hydroxylation sites is 1. The van der Waals surface area contributed by atoms with Gasteiger partial charge in [0.15, 0.2) is 6.61 Å². The van der Waals surface area contributed by atoms with E-state index < -0.39 is 10.0 Å². The number of nitrogens with one attached hydrogen (secondary N) is 2. The lowest BCUT2D eigenvalue weighted by atomic mass is 10.3. The Kier molecular flexibility index (Phi) is 6.79. The zero-order valence-corrected chi connectivity index (χ0v) is 14.3. The summed E-state index contributed by atoms with van der Waals surface area (Å²) in [5.41, 5.74) is 0.474. The predicted octanol–water partition coefficient (Wildman–Crippen LogP) is 1.36. The summed E-state index contributed by atoms with van der Waals surface area (Å²) in [6.07, 6.45) is 0.479. The Labute approximate surface area is 146 Å². The zero-order valence-electron chi connectivity index (χ0n) is 13.5. The van der Waals surface area contributed by atoms with Crippen molar-refractivity contribution in [1.29, 1.82) is 0 Å². The molecule has 0 fully saturated rings. The minimum absolute atomic E-state index is 0.00803. The van der Waals surface area contributed by atoms with Crippen LogP contribution in [0.5, 0.6) is 5.75 Å². The van der Waals surface area contributed by atoms with Crippen molar-refractivity contribution >= 4 is 21.6 Å². The van der Waals surface area contributed by atoms with Crippen LogP contribution in [0.25, 0.3) is 0 Å². The molecule has 0 spiro atoms. The van der Waals surface area contributed by atoms with Gasteiger partial charge in [0.25, 0.3) is 15.9 Å². The molecular weight excluding hydrogens is 344 g/mol. The third-order valence-corrected chi connectivity index (χ3v) is 4.58.